The van der Waals surface area contributed by atoms with Gasteiger partial charge in [0.2, 0.25) is 11.7 Å². The van der Waals surface area contributed by atoms with Gasteiger partial charge in [-0.25, -0.2) is 15.4 Å². The van der Waals surface area contributed by atoms with Gasteiger partial charge in [-0.3, -0.25) is 4.79 Å². The molecule has 1 N–H and O–H groups in total. The first-order chi connectivity index (χ1) is 11.1. The van der Waals surface area contributed by atoms with E-state index in [2.05, 4.69) is 20.5 Å². The first-order valence-corrected chi connectivity index (χ1v) is 7.36. The van der Waals surface area contributed by atoms with Crippen molar-refractivity contribution in [3.05, 3.63) is 65.0 Å². The van der Waals surface area contributed by atoms with E-state index in [1.54, 1.807) is 0 Å². The van der Waals surface area contributed by atoms with Gasteiger partial charge in [0.05, 0.1) is 0 Å². The summed E-state index contributed by atoms with van der Waals surface area (Å²) in [5.74, 6) is 0.319. The molecule has 112 valence electrons. The second-order valence-corrected chi connectivity index (χ2v) is 5.58. The maximum absolute atomic E-state index is 12.6. The van der Waals surface area contributed by atoms with E-state index in [4.69, 9.17) is 0 Å². The lowest BCUT2D eigenvalue weighted by atomic mass is 10.1. The molecule has 0 aliphatic heterocycles. The van der Waals surface area contributed by atoms with E-state index >= 15 is 0 Å². The van der Waals surface area contributed by atoms with Crippen molar-refractivity contribution in [3.8, 4) is 0 Å². The number of carbonyl (C=O) groups is 1. The molecule has 1 aliphatic rings. The Kier molecular flexibility index (Phi) is 2.94. The predicted octanol–water partition coefficient (Wildman–Crippen LogP) is 3.26. The minimum Gasteiger partial charge on any atom is -0.287 e. The molecule has 0 bridgehead atoms. The van der Waals surface area contributed by atoms with Crippen LogP contribution in [0.1, 0.15) is 27.3 Å². The number of Topliss-reactive ketones (excluding diaryl/α,β-unsaturated/α-hetero) is 1. The lowest BCUT2D eigenvalue weighted by molar-refractivity contribution is 0.107. The molecule has 1 aliphatic carbocycles. The molecule has 4 rings (SSSR count). The van der Waals surface area contributed by atoms with E-state index in [1.165, 1.54) is 0 Å². The number of hydrogen-bond acceptors (Lipinski definition) is 5. The van der Waals surface area contributed by atoms with E-state index in [-0.39, 0.29) is 5.78 Å². The molecule has 0 saturated carbocycles. The normalized spacial score (nSPS) is 14.7. The molecule has 5 heteroatoms. The van der Waals surface area contributed by atoms with Gasteiger partial charge in [-0.05, 0) is 25.3 Å². The summed E-state index contributed by atoms with van der Waals surface area (Å²) in [6, 6.07) is 13.5. The maximum atomic E-state index is 12.6. The lowest BCUT2D eigenvalue weighted by Crippen LogP contribution is -2.12. The van der Waals surface area contributed by atoms with Gasteiger partial charge in [0, 0.05) is 27.9 Å². The highest BCUT2D eigenvalue weighted by Crippen LogP contribution is 2.30. The summed E-state index contributed by atoms with van der Waals surface area (Å²) >= 11 is 0. The number of hydrazone groups is 1. The van der Waals surface area contributed by atoms with Crippen molar-refractivity contribution in [1.82, 2.24) is 9.97 Å². The lowest BCUT2D eigenvalue weighted by Gasteiger charge is -2.03. The van der Waals surface area contributed by atoms with Gasteiger partial charge in [-0.15, -0.1) is 0 Å². The van der Waals surface area contributed by atoms with Gasteiger partial charge in [-0.2, -0.15) is 5.10 Å². The molecule has 0 spiro atoms. The number of ketones is 1. The van der Waals surface area contributed by atoms with Crippen LogP contribution in [-0.4, -0.2) is 21.5 Å². The molecular weight excluding hydrogens is 288 g/mol. The quantitative estimate of drug-likeness (QED) is 0.738. The minimum absolute atomic E-state index is 0.0753. The zero-order valence-corrected chi connectivity index (χ0v) is 12.8. The topological polar surface area (TPSA) is 67.2 Å². The summed E-state index contributed by atoms with van der Waals surface area (Å²) in [5.41, 5.74) is 6.47. The Morgan fingerprint density at radius 2 is 1.61 bits per heavy atom. The average Bonchev–Trinajstić information content (AvgIpc) is 2.79. The first-order valence-electron chi connectivity index (χ1n) is 7.36. The average molecular weight is 302 g/mol. The van der Waals surface area contributed by atoms with Crippen LogP contribution in [0.25, 0.3) is 10.8 Å². The van der Waals surface area contributed by atoms with Gasteiger partial charge in [0.1, 0.15) is 5.71 Å². The van der Waals surface area contributed by atoms with Crippen molar-refractivity contribution in [2.75, 3.05) is 5.43 Å². The fraction of sp³-hybridized carbons (Fsp3) is 0.111. The third kappa shape index (κ3) is 2.17. The number of anilines is 1. The van der Waals surface area contributed by atoms with Crippen LogP contribution >= 0.6 is 0 Å². The molecule has 2 aromatic carbocycles. The van der Waals surface area contributed by atoms with Gasteiger partial charge >= 0.3 is 0 Å². The Hall–Kier alpha value is -3.08. The van der Waals surface area contributed by atoms with Crippen molar-refractivity contribution in [3.63, 3.8) is 0 Å². The Bertz CT molecular complexity index is 966. The number of nitrogens with zero attached hydrogens (tertiary/aromatic N) is 3. The van der Waals surface area contributed by atoms with Gasteiger partial charge in [0.25, 0.3) is 0 Å². The van der Waals surface area contributed by atoms with E-state index in [9.17, 15) is 4.79 Å². The smallest absolute Gasteiger partial charge is 0.243 e. The number of aryl methyl sites for hydroxylation is 2. The highest BCUT2D eigenvalue weighted by atomic mass is 16.1. The number of benzene rings is 2. The summed E-state index contributed by atoms with van der Waals surface area (Å²) in [5, 5.41) is 6.29. The fourth-order valence-corrected chi connectivity index (χ4v) is 2.97. The van der Waals surface area contributed by atoms with Crippen molar-refractivity contribution >= 4 is 28.2 Å². The Morgan fingerprint density at radius 1 is 0.957 bits per heavy atom. The Labute approximate surface area is 133 Å². The molecule has 1 heterocycles. The monoisotopic (exact) mass is 302 g/mol. The largest absolute Gasteiger partial charge is 0.287 e. The summed E-state index contributed by atoms with van der Waals surface area (Å²) in [4.78, 5) is 21.2. The van der Waals surface area contributed by atoms with Crippen molar-refractivity contribution in [2.45, 2.75) is 13.8 Å². The van der Waals surface area contributed by atoms with Crippen molar-refractivity contribution in [2.24, 2.45) is 5.10 Å². The van der Waals surface area contributed by atoms with Crippen LogP contribution in [0.3, 0.4) is 0 Å². The molecule has 1 aromatic heterocycles. The van der Waals surface area contributed by atoms with Gasteiger partial charge in [-0.1, -0.05) is 36.4 Å². The van der Waals surface area contributed by atoms with E-state index in [0.717, 1.165) is 27.7 Å². The van der Waals surface area contributed by atoms with Gasteiger partial charge in [0.15, 0.2) is 0 Å². The third-order valence-electron chi connectivity index (χ3n) is 3.87. The molecule has 0 atom stereocenters. The highest BCUT2D eigenvalue weighted by molar-refractivity contribution is 6.59. The molecule has 3 aromatic rings. The first kappa shape index (κ1) is 13.6. The number of aromatic nitrogens is 2. The molecule has 0 amide bonds. The summed E-state index contributed by atoms with van der Waals surface area (Å²) in [6.07, 6.45) is 0. The van der Waals surface area contributed by atoms with Crippen LogP contribution in [0.5, 0.6) is 0 Å². The van der Waals surface area contributed by atoms with Crippen LogP contribution in [0.15, 0.2) is 47.6 Å². The van der Waals surface area contributed by atoms with Gasteiger partial charge < -0.3 is 0 Å². The van der Waals surface area contributed by atoms with Crippen LogP contribution in [0.4, 0.5) is 5.95 Å². The molecule has 0 saturated heterocycles. The fourth-order valence-electron chi connectivity index (χ4n) is 2.97. The maximum Gasteiger partial charge on any atom is 0.243 e. The van der Waals surface area contributed by atoms with E-state index < -0.39 is 0 Å². The summed E-state index contributed by atoms with van der Waals surface area (Å²) in [6.45, 7) is 3.79. The van der Waals surface area contributed by atoms with E-state index in [1.807, 2.05) is 56.3 Å². The molecule has 23 heavy (non-hydrogen) atoms. The third-order valence-corrected chi connectivity index (χ3v) is 3.87. The summed E-state index contributed by atoms with van der Waals surface area (Å²) < 4.78 is 0. The highest BCUT2D eigenvalue weighted by Gasteiger charge is 2.28. The van der Waals surface area contributed by atoms with Crippen LogP contribution in [-0.2, 0) is 0 Å². The molecule has 0 fully saturated rings. The standard InChI is InChI=1S/C18H14N4O/c1-10-9-11(2)20-18(19-10)22-21-16-13-7-3-5-12-6-4-8-14(15(12)13)17(16)23/h3-9H,1-2H3,(H,19,20,22)/b21-16-. The molecular formula is C18H14N4O. The van der Waals surface area contributed by atoms with Crippen molar-refractivity contribution in [1.29, 1.82) is 0 Å². The second kappa shape index (κ2) is 4.98. The molecule has 0 radical (unpaired) electrons. The minimum atomic E-state index is -0.0753. The predicted molar refractivity (Wildman–Crippen MR) is 89.9 cm³/mol. The number of hydrogen-bond donors (Lipinski definition) is 1. The number of nitrogens with one attached hydrogen (secondary N) is 1. The molecule has 0 unspecified atom stereocenters. The molecule has 5 nitrogen and oxygen atoms in total. The van der Waals surface area contributed by atoms with Crippen molar-refractivity contribution < 1.29 is 4.79 Å². The number of rotatable bonds is 2. The Balaban J connectivity index is 1.79. The zero-order valence-electron chi connectivity index (χ0n) is 12.8. The summed E-state index contributed by atoms with van der Waals surface area (Å²) in [7, 11) is 0. The van der Waals surface area contributed by atoms with Crippen LogP contribution < -0.4 is 5.43 Å². The van der Waals surface area contributed by atoms with Crippen LogP contribution in [0.2, 0.25) is 0 Å². The number of carbonyl (C=O) groups excluding carboxylic acids is 1. The SMILES string of the molecule is Cc1cc(C)nc(N/N=C2\C(=O)c3cccc4cccc2c34)n1. The second-order valence-electron chi connectivity index (χ2n) is 5.58. The van der Waals surface area contributed by atoms with E-state index in [0.29, 0.717) is 17.2 Å². The van der Waals surface area contributed by atoms with Crippen LogP contribution in [0, 0.1) is 13.8 Å². The zero-order chi connectivity index (χ0) is 16.0. The Morgan fingerprint density at radius 3 is 2.30 bits per heavy atom.